The molecule has 106 valence electrons. The Labute approximate surface area is 116 Å². The average molecular weight is 263 g/mol. The van der Waals surface area contributed by atoms with Crippen LogP contribution in [0.25, 0.3) is 0 Å². The second kappa shape index (κ2) is 7.51. The number of aryl methyl sites for hydroxylation is 1. The van der Waals surface area contributed by atoms with Gasteiger partial charge in [-0.3, -0.25) is 0 Å². The van der Waals surface area contributed by atoms with Crippen molar-refractivity contribution in [2.24, 2.45) is 0 Å². The number of nitrogens with one attached hydrogen (secondary N) is 1. The molecule has 3 heteroatoms. The van der Waals surface area contributed by atoms with Gasteiger partial charge in [-0.05, 0) is 38.2 Å². The van der Waals surface area contributed by atoms with Gasteiger partial charge in [0, 0.05) is 25.8 Å². The molecule has 0 unspecified atom stereocenters. The fourth-order valence-corrected chi connectivity index (χ4v) is 2.59. The van der Waals surface area contributed by atoms with Crippen molar-refractivity contribution in [3.63, 3.8) is 0 Å². The molecular weight excluding hydrogens is 238 g/mol. The van der Waals surface area contributed by atoms with Crippen molar-refractivity contribution < 1.29 is 9.47 Å². The lowest BCUT2D eigenvalue weighted by Crippen LogP contribution is -2.20. The van der Waals surface area contributed by atoms with Crippen LogP contribution in [0.4, 0.5) is 0 Å². The fourth-order valence-electron chi connectivity index (χ4n) is 2.59. The van der Waals surface area contributed by atoms with E-state index in [4.69, 9.17) is 9.47 Å². The van der Waals surface area contributed by atoms with Crippen LogP contribution in [0.5, 0.6) is 5.75 Å². The van der Waals surface area contributed by atoms with Crippen LogP contribution in [0.2, 0.25) is 0 Å². The van der Waals surface area contributed by atoms with Crippen LogP contribution in [0.15, 0.2) is 18.2 Å². The van der Waals surface area contributed by atoms with E-state index in [0.29, 0.717) is 6.10 Å². The Morgan fingerprint density at radius 2 is 2.05 bits per heavy atom. The van der Waals surface area contributed by atoms with Crippen molar-refractivity contribution in [3.8, 4) is 5.75 Å². The lowest BCUT2D eigenvalue weighted by Gasteiger charge is -2.19. The normalized spacial score (nSPS) is 15.9. The lowest BCUT2D eigenvalue weighted by atomic mass is 10.1. The summed E-state index contributed by atoms with van der Waals surface area (Å²) in [5.74, 6) is 1.08. The zero-order valence-electron chi connectivity index (χ0n) is 12.1. The van der Waals surface area contributed by atoms with Crippen LogP contribution >= 0.6 is 0 Å². The standard InChI is InChI=1S/C16H25NO2/c1-13-6-5-7-14(12-17-10-11-18-2)16(13)19-15-8-3-4-9-15/h5-7,15,17H,3-4,8-12H2,1-2H3. The predicted molar refractivity (Wildman–Crippen MR) is 77.6 cm³/mol. The third kappa shape index (κ3) is 4.22. The average Bonchev–Trinajstić information content (AvgIpc) is 2.91. The van der Waals surface area contributed by atoms with E-state index < -0.39 is 0 Å². The summed E-state index contributed by atoms with van der Waals surface area (Å²) >= 11 is 0. The summed E-state index contributed by atoms with van der Waals surface area (Å²) in [4.78, 5) is 0. The quantitative estimate of drug-likeness (QED) is 0.767. The van der Waals surface area contributed by atoms with E-state index in [-0.39, 0.29) is 0 Å². The summed E-state index contributed by atoms with van der Waals surface area (Å²) in [7, 11) is 1.73. The van der Waals surface area contributed by atoms with Crippen molar-refractivity contribution in [1.82, 2.24) is 5.32 Å². The molecule has 1 aliphatic carbocycles. The van der Waals surface area contributed by atoms with Crippen molar-refractivity contribution >= 4 is 0 Å². The summed E-state index contributed by atoms with van der Waals surface area (Å²) in [5.41, 5.74) is 2.49. The summed E-state index contributed by atoms with van der Waals surface area (Å²) in [5, 5.41) is 3.39. The first-order valence-electron chi connectivity index (χ1n) is 7.26. The molecule has 0 spiro atoms. The molecule has 0 bridgehead atoms. The van der Waals surface area contributed by atoms with E-state index in [2.05, 4.69) is 30.4 Å². The topological polar surface area (TPSA) is 30.5 Å². The van der Waals surface area contributed by atoms with Gasteiger partial charge in [-0.25, -0.2) is 0 Å². The van der Waals surface area contributed by atoms with Gasteiger partial charge in [0.1, 0.15) is 5.75 Å². The molecule has 0 heterocycles. The smallest absolute Gasteiger partial charge is 0.127 e. The molecule has 0 aliphatic heterocycles. The third-order valence-corrected chi connectivity index (χ3v) is 3.68. The molecular formula is C16H25NO2. The molecule has 0 aromatic heterocycles. The number of ether oxygens (including phenoxy) is 2. The highest BCUT2D eigenvalue weighted by Crippen LogP contribution is 2.29. The molecule has 19 heavy (non-hydrogen) atoms. The fraction of sp³-hybridized carbons (Fsp3) is 0.625. The Morgan fingerprint density at radius 3 is 2.79 bits per heavy atom. The second-order valence-electron chi connectivity index (χ2n) is 5.26. The molecule has 1 aromatic rings. The number of hydrogen-bond donors (Lipinski definition) is 1. The van der Waals surface area contributed by atoms with E-state index in [9.17, 15) is 0 Å². The minimum Gasteiger partial charge on any atom is -0.490 e. The highest BCUT2D eigenvalue weighted by Gasteiger charge is 2.18. The number of methoxy groups -OCH3 is 1. The molecule has 1 N–H and O–H groups in total. The predicted octanol–water partition coefficient (Wildman–Crippen LogP) is 3.05. The molecule has 0 saturated heterocycles. The first-order valence-corrected chi connectivity index (χ1v) is 7.26. The van der Waals surface area contributed by atoms with Crippen molar-refractivity contribution in [1.29, 1.82) is 0 Å². The van der Waals surface area contributed by atoms with Gasteiger partial charge < -0.3 is 14.8 Å². The molecule has 0 atom stereocenters. The zero-order chi connectivity index (χ0) is 13.5. The number of hydrogen-bond acceptors (Lipinski definition) is 3. The SMILES string of the molecule is COCCNCc1cccc(C)c1OC1CCCC1. The Kier molecular flexibility index (Phi) is 5.67. The maximum atomic E-state index is 6.22. The maximum Gasteiger partial charge on any atom is 0.127 e. The Hall–Kier alpha value is -1.06. The molecule has 0 amide bonds. The molecule has 1 aliphatic rings. The van der Waals surface area contributed by atoms with E-state index in [1.54, 1.807) is 7.11 Å². The molecule has 1 aromatic carbocycles. The molecule has 3 nitrogen and oxygen atoms in total. The highest BCUT2D eigenvalue weighted by atomic mass is 16.5. The summed E-state index contributed by atoms with van der Waals surface area (Å²) in [6.45, 7) is 4.58. The first-order chi connectivity index (χ1) is 9.31. The van der Waals surface area contributed by atoms with Crippen LogP contribution in [0.1, 0.15) is 36.8 Å². The molecule has 1 fully saturated rings. The third-order valence-electron chi connectivity index (χ3n) is 3.68. The highest BCUT2D eigenvalue weighted by molar-refractivity contribution is 5.41. The lowest BCUT2D eigenvalue weighted by molar-refractivity contribution is 0.196. The van der Waals surface area contributed by atoms with Crippen molar-refractivity contribution in [3.05, 3.63) is 29.3 Å². The molecule has 1 saturated carbocycles. The van der Waals surface area contributed by atoms with Crippen LogP contribution in [-0.4, -0.2) is 26.4 Å². The van der Waals surface area contributed by atoms with Gasteiger partial charge in [0.2, 0.25) is 0 Å². The van der Waals surface area contributed by atoms with Crippen LogP contribution in [0.3, 0.4) is 0 Å². The van der Waals surface area contributed by atoms with Crippen LogP contribution < -0.4 is 10.1 Å². The van der Waals surface area contributed by atoms with Crippen molar-refractivity contribution in [2.75, 3.05) is 20.3 Å². The van der Waals surface area contributed by atoms with Gasteiger partial charge in [-0.1, -0.05) is 18.2 Å². The Morgan fingerprint density at radius 1 is 1.26 bits per heavy atom. The monoisotopic (exact) mass is 263 g/mol. The zero-order valence-corrected chi connectivity index (χ0v) is 12.1. The van der Waals surface area contributed by atoms with Gasteiger partial charge in [0.05, 0.1) is 12.7 Å². The Bertz CT molecular complexity index is 386. The minimum absolute atomic E-state index is 0.416. The number of rotatable bonds is 7. The summed E-state index contributed by atoms with van der Waals surface area (Å²) in [6, 6.07) is 6.38. The van der Waals surface area contributed by atoms with Gasteiger partial charge in [-0.15, -0.1) is 0 Å². The Balaban J connectivity index is 1.98. The van der Waals surface area contributed by atoms with Gasteiger partial charge >= 0.3 is 0 Å². The summed E-state index contributed by atoms with van der Waals surface area (Å²) < 4.78 is 11.3. The van der Waals surface area contributed by atoms with E-state index in [0.717, 1.165) is 25.4 Å². The largest absolute Gasteiger partial charge is 0.490 e. The van der Waals surface area contributed by atoms with Gasteiger partial charge in [-0.2, -0.15) is 0 Å². The second-order valence-corrected chi connectivity index (χ2v) is 5.26. The molecule has 0 radical (unpaired) electrons. The van der Waals surface area contributed by atoms with Crippen LogP contribution in [0, 0.1) is 6.92 Å². The maximum absolute atomic E-state index is 6.22. The van der Waals surface area contributed by atoms with E-state index in [1.165, 1.54) is 36.8 Å². The number of benzene rings is 1. The molecule has 2 rings (SSSR count). The van der Waals surface area contributed by atoms with E-state index >= 15 is 0 Å². The minimum atomic E-state index is 0.416. The first kappa shape index (κ1) is 14.4. The van der Waals surface area contributed by atoms with Crippen LogP contribution in [-0.2, 0) is 11.3 Å². The van der Waals surface area contributed by atoms with E-state index in [1.807, 2.05) is 0 Å². The summed E-state index contributed by atoms with van der Waals surface area (Å²) in [6.07, 6.45) is 5.42. The number of para-hydroxylation sites is 1. The van der Waals surface area contributed by atoms with Gasteiger partial charge in [0.25, 0.3) is 0 Å². The van der Waals surface area contributed by atoms with Gasteiger partial charge in [0.15, 0.2) is 0 Å². The van der Waals surface area contributed by atoms with Crippen molar-refractivity contribution in [2.45, 2.75) is 45.3 Å².